The maximum atomic E-state index is 12.7. The number of aromatic nitrogens is 2. The van der Waals surface area contributed by atoms with E-state index < -0.39 is 0 Å². The van der Waals surface area contributed by atoms with Crippen molar-refractivity contribution < 1.29 is 4.79 Å². The van der Waals surface area contributed by atoms with Crippen molar-refractivity contribution in [3.8, 4) is 0 Å². The zero-order chi connectivity index (χ0) is 15.0. The Morgan fingerprint density at radius 2 is 2.14 bits per heavy atom. The summed E-state index contributed by atoms with van der Waals surface area (Å²) in [6, 6.07) is 5.82. The van der Waals surface area contributed by atoms with Crippen molar-refractivity contribution in [2.45, 2.75) is 31.7 Å². The molecule has 1 aliphatic heterocycles. The molecule has 1 saturated heterocycles. The number of benzene rings is 1. The van der Waals surface area contributed by atoms with Crippen LogP contribution in [0.2, 0.25) is 0 Å². The molecule has 0 spiro atoms. The Morgan fingerprint density at radius 1 is 1.43 bits per heavy atom. The summed E-state index contributed by atoms with van der Waals surface area (Å²) in [6.45, 7) is 3.67. The van der Waals surface area contributed by atoms with Crippen LogP contribution >= 0.6 is 34.2 Å². The number of amides is 1. The zero-order valence-corrected chi connectivity index (χ0v) is 14.8. The number of rotatable bonds is 3. The molecule has 0 bridgehead atoms. The fourth-order valence-corrected chi connectivity index (χ4v) is 3.62. The smallest absolute Gasteiger partial charge is 0.245 e. The van der Waals surface area contributed by atoms with Gasteiger partial charge in [-0.15, -0.1) is 11.6 Å². The Hall–Kier alpha value is -0.820. The van der Waals surface area contributed by atoms with Gasteiger partial charge in [0.15, 0.2) is 0 Å². The van der Waals surface area contributed by atoms with Gasteiger partial charge in [-0.3, -0.25) is 4.79 Å². The second-order valence-electron chi connectivity index (χ2n) is 5.37. The van der Waals surface area contributed by atoms with Crippen molar-refractivity contribution in [3.63, 3.8) is 0 Å². The number of hydrogen-bond donors (Lipinski definition) is 0. The van der Waals surface area contributed by atoms with Gasteiger partial charge in [0.1, 0.15) is 11.9 Å². The van der Waals surface area contributed by atoms with Gasteiger partial charge < -0.3 is 9.47 Å². The van der Waals surface area contributed by atoms with Gasteiger partial charge in [-0.25, -0.2) is 4.98 Å². The van der Waals surface area contributed by atoms with E-state index in [0.717, 1.165) is 46.4 Å². The van der Waals surface area contributed by atoms with Crippen LogP contribution in [0.3, 0.4) is 0 Å². The van der Waals surface area contributed by atoms with Crippen LogP contribution in [-0.2, 0) is 10.7 Å². The highest BCUT2D eigenvalue weighted by atomic mass is 127. The number of carbonyl (C=O) groups is 1. The highest BCUT2D eigenvalue weighted by Gasteiger charge is 2.27. The number of halogens is 2. The van der Waals surface area contributed by atoms with Gasteiger partial charge >= 0.3 is 0 Å². The molecular formula is C15H17ClIN3O. The normalized spacial score (nSPS) is 16.6. The number of likely N-dealkylation sites (tertiary alicyclic amines) is 1. The van der Waals surface area contributed by atoms with Crippen LogP contribution in [0.1, 0.15) is 31.6 Å². The molecule has 0 N–H and O–H groups in total. The lowest BCUT2D eigenvalue weighted by atomic mass is 10.2. The van der Waals surface area contributed by atoms with E-state index in [1.165, 1.54) is 0 Å². The Balaban J connectivity index is 2.03. The standard InChI is InChI=1S/C15H17ClIN3O/c1-10(15(21)19-6-2-3-7-19)20-13-5-4-11(17)8-12(13)18-14(20)9-16/h4-5,8,10H,2-3,6-7,9H2,1H3. The lowest BCUT2D eigenvalue weighted by Gasteiger charge is -2.23. The van der Waals surface area contributed by atoms with E-state index in [0.29, 0.717) is 5.88 Å². The second kappa shape index (κ2) is 6.12. The van der Waals surface area contributed by atoms with Crippen LogP contribution in [-0.4, -0.2) is 33.4 Å². The molecule has 2 aromatic rings. The number of nitrogens with zero attached hydrogens (tertiary/aromatic N) is 3. The van der Waals surface area contributed by atoms with E-state index in [2.05, 4.69) is 27.6 Å². The Morgan fingerprint density at radius 3 is 2.81 bits per heavy atom. The van der Waals surface area contributed by atoms with Crippen LogP contribution in [0.15, 0.2) is 18.2 Å². The molecule has 0 aliphatic carbocycles. The summed E-state index contributed by atoms with van der Waals surface area (Å²) >= 11 is 8.31. The Labute approximate surface area is 142 Å². The summed E-state index contributed by atoms with van der Waals surface area (Å²) in [7, 11) is 0. The van der Waals surface area contributed by atoms with E-state index in [4.69, 9.17) is 11.6 Å². The molecule has 1 aromatic heterocycles. The Bertz CT molecular complexity index is 679. The van der Waals surface area contributed by atoms with Gasteiger partial charge in [0.25, 0.3) is 0 Å². The molecule has 6 heteroatoms. The first-order chi connectivity index (χ1) is 10.1. The van der Waals surface area contributed by atoms with Gasteiger partial charge in [0.2, 0.25) is 5.91 Å². The fraction of sp³-hybridized carbons (Fsp3) is 0.467. The number of fused-ring (bicyclic) bond motifs is 1. The monoisotopic (exact) mass is 417 g/mol. The Kier molecular flexibility index (Phi) is 4.40. The van der Waals surface area contributed by atoms with Crippen LogP contribution in [0.4, 0.5) is 0 Å². The second-order valence-corrected chi connectivity index (χ2v) is 6.89. The van der Waals surface area contributed by atoms with E-state index in [9.17, 15) is 4.79 Å². The molecular weight excluding hydrogens is 401 g/mol. The molecule has 1 aliphatic rings. The minimum absolute atomic E-state index is 0.164. The SMILES string of the molecule is CC(C(=O)N1CCCC1)n1c(CCl)nc2cc(I)ccc21. The molecule has 1 unspecified atom stereocenters. The third kappa shape index (κ3) is 2.77. The fourth-order valence-electron chi connectivity index (χ4n) is 2.96. The predicted molar refractivity (Wildman–Crippen MR) is 92.5 cm³/mol. The van der Waals surface area contributed by atoms with Crippen molar-refractivity contribution in [2.75, 3.05) is 13.1 Å². The third-order valence-electron chi connectivity index (χ3n) is 4.01. The molecule has 21 heavy (non-hydrogen) atoms. The lowest BCUT2D eigenvalue weighted by Crippen LogP contribution is -2.34. The van der Waals surface area contributed by atoms with E-state index >= 15 is 0 Å². The van der Waals surface area contributed by atoms with Crippen LogP contribution < -0.4 is 0 Å². The maximum absolute atomic E-state index is 12.7. The van der Waals surface area contributed by atoms with Crippen molar-refractivity contribution >= 4 is 51.1 Å². The molecule has 1 atom stereocenters. The summed E-state index contributed by atoms with van der Waals surface area (Å²) in [5.74, 6) is 1.23. The first-order valence-electron chi connectivity index (χ1n) is 7.13. The highest BCUT2D eigenvalue weighted by Crippen LogP contribution is 2.26. The number of hydrogen-bond acceptors (Lipinski definition) is 2. The zero-order valence-electron chi connectivity index (χ0n) is 11.9. The van der Waals surface area contributed by atoms with Gasteiger partial charge in [0.05, 0.1) is 16.9 Å². The van der Waals surface area contributed by atoms with Crippen LogP contribution in [0.25, 0.3) is 11.0 Å². The van der Waals surface area contributed by atoms with E-state index in [1.54, 1.807) is 0 Å². The van der Waals surface area contributed by atoms with Gasteiger partial charge in [-0.2, -0.15) is 0 Å². The summed E-state index contributed by atoms with van der Waals surface area (Å²) in [4.78, 5) is 19.2. The summed E-state index contributed by atoms with van der Waals surface area (Å²) in [6.07, 6.45) is 2.20. The summed E-state index contributed by atoms with van der Waals surface area (Å²) in [5.41, 5.74) is 1.88. The quantitative estimate of drug-likeness (QED) is 0.566. The summed E-state index contributed by atoms with van der Waals surface area (Å²) in [5, 5.41) is 0. The van der Waals surface area contributed by atoms with Crippen LogP contribution in [0.5, 0.6) is 0 Å². The van der Waals surface area contributed by atoms with E-state index in [-0.39, 0.29) is 11.9 Å². The van der Waals surface area contributed by atoms with Gasteiger partial charge in [0, 0.05) is 16.7 Å². The molecule has 1 amide bonds. The lowest BCUT2D eigenvalue weighted by molar-refractivity contribution is -0.133. The molecule has 0 radical (unpaired) electrons. The van der Waals surface area contributed by atoms with Crippen molar-refractivity contribution in [3.05, 3.63) is 27.6 Å². The average Bonchev–Trinajstić information content (AvgIpc) is 3.12. The first-order valence-corrected chi connectivity index (χ1v) is 8.74. The molecule has 3 rings (SSSR count). The molecule has 1 aromatic carbocycles. The van der Waals surface area contributed by atoms with Crippen LogP contribution in [0, 0.1) is 3.57 Å². The molecule has 4 nitrogen and oxygen atoms in total. The van der Waals surface area contributed by atoms with Gasteiger partial charge in [-0.1, -0.05) is 0 Å². The highest BCUT2D eigenvalue weighted by molar-refractivity contribution is 14.1. The molecule has 1 fully saturated rings. The minimum atomic E-state index is -0.262. The van der Waals surface area contributed by atoms with E-state index in [1.807, 2.05) is 34.6 Å². The van der Waals surface area contributed by atoms with Crippen molar-refractivity contribution in [1.29, 1.82) is 0 Å². The predicted octanol–water partition coefficient (Wildman–Crippen LogP) is 3.56. The number of carbonyl (C=O) groups excluding carboxylic acids is 1. The first kappa shape index (κ1) is 15.1. The average molecular weight is 418 g/mol. The molecule has 0 saturated carbocycles. The largest absolute Gasteiger partial charge is 0.341 e. The number of alkyl halides is 1. The number of imidazole rings is 1. The van der Waals surface area contributed by atoms with Crippen molar-refractivity contribution in [1.82, 2.24) is 14.5 Å². The topological polar surface area (TPSA) is 38.1 Å². The maximum Gasteiger partial charge on any atom is 0.245 e. The third-order valence-corrected chi connectivity index (χ3v) is 4.92. The molecule has 2 heterocycles. The van der Waals surface area contributed by atoms with Crippen molar-refractivity contribution in [2.24, 2.45) is 0 Å². The molecule has 112 valence electrons. The van der Waals surface area contributed by atoms with Gasteiger partial charge in [-0.05, 0) is 60.6 Å². The minimum Gasteiger partial charge on any atom is -0.341 e. The summed E-state index contributed by atoms with van der Waals surface area (Å²) < 4.78 is 3.11.